The van der Waals surface area contributed by atoms with Gasteiger partial charge in [0.1, 0.15) is 11.5 Å². The minimum Gasteiger partial charge on any atom is -0.482 e. The Morgan fingerprint density at radius 1 is 0.879 bits per heavy atom. The fourth-order valence-corrected chi connectivity index (χ4v) is 3.35. The number of aromatic nitrogens is 1. The van der Waals surface area contributed by atoms with Crippen LogP contribution >= 0.6 is 0 Å². The van der Waals surface area contributed by atoms with Crippen LogP contribution in [0, 0.1) is 0 Å². The first-order valence-corrected chi connectivity index (χ1v) is 10.4. The number of carbonyl (C=O) groups is 3. The summed E-state index contributed by atoms with van der Waals surface area (Å²) in [4.78, 5) is 44.3. The molecule has 2 heterocycles. The van der Waals surface area contributed by atoms with Gasteiger partial charge in [0.15, 0.2) is 19.0 Å². The zero-order valence-corrected chi connectivity index (χ0v) is 18.7. The van der Waals surface area contributed by atoms with Crippen molar-refractivity contribution in [1.82, 2.24) is 9.88 Å². The second-order valence-corrected chi connectivity index (χ2v) is 7.28. The molecule has 176 valence electrons. The van der Waals surface area contributed by atoms with Crippen LogP contribution in [0.25, 0.3) is 0 Å². The van der Waals surface area contributed by atoms with E-state index in [2.05, 4.69) is 24.3 Å². The Labute approximate surface area is 192 Å². The van der Waals surface area contributed by atoms with Gasteiger partial charge in [-0.2, -0.15) is 0 Å². The quantitative estimate of drug-likeness (QED) is 0.381. The van der Waals surface area contributed by atoms with Crippen molar-refractivity contribution < 1.29 is 33.3 Å². The summed E-state index contributed by atoms with van der Waals surface area (Å²) >= 11 is 0. The first kappa shape index (κ1) is 24.0. The smallest absolute Gasteiger partial charge is 0.343 e. The van der Waals surface area contributed by atoms with Gasteiger partial charge in [0.05, 0.1) is 26.3 Å². The van der Waals surface area contributed by atoms with Crippen LogP contribution in [0.4, 0.5) is 5.69 Å². The third-order valence-corrected chi connectivity index (χ3v) is 5.18. The van der Waals surface area contributed by atoms with Crippen LogP contribution in [-0.2, 0) is 19.1 Å². The van der Waals surface area contributed by atoms with Crippen LogP contribution in [0.3, 0.4) is 0 Å². The first-order chi connectivity index (χ1) is 16.0. The van der Waals surface area contributed by atoms with Crippen molar-refractivity contribution in [2.24, 2.45) is 0 Å². The minimum atomic E-state index is -0.582. The molecule has 0 amide bonds. The lowest BCUT2D eigenvalue weighted by molar-refractivity contribution is -0.143. The highest BCUT2D eigenvalue weighted by Crippen LogP contribution is 2.26. The largest absolute Gasteiger partial charge is 0.482 e. The summed E-state index contributed by atoms with van der Waals surface area (Å²) in [6.45, 7) is 2.61. The highest BCUT2D eigenvalue weighted by molar-refractivity contribution is 6.00. The molecule has 33 heavy (non-hydrogen) atoms. The zero-order chi connectivity index (χ0) is 23.6. The average molecular weight is 457 g/mol. The summed E-state index contributed by atoms with van der Waals surface area (Å²) in [6.07, 6.45) is 3.53. The molecule has 0 spiro atoms. The van der Waals surface area contributed by atoms with Gasteiger partial charge in [0.25, 0.3) is 0 Å². The Morgan fingerprint density at radius 2 is 1.52 bits per heavy atom. The summed E-state index contributed by atoms with van der Waals surface area (Å²) in [7, 11) is 2.51. The second kappa shape index (κ2) is 11.8. The molecule has 0 bridgehead atoms. The number of hydrogen-bond acceptors (Lipinski definition) is 10. The number of nitrogens with zero attached hydrogens (tertiary/aromatic N) is 3. The number of ether oxygens (including phenoxy) is 4. The van der Waals surface area contributed by atoms with Gasteiger partial charge >= 0.3 is 11.9 Å². The Kier molecular flexibility index (Phi) is 8.59. The number of Topliss-reactive ketones (excluding diaryl/α,β-unsaturated/α-hetero) is 1. The Hall–Kier alpha value is -3.66. The van der Waals surface area contributed by atoms with Gasteiger partial charge in [-0.05, 0) is 24.3 Å². The molecule has 0 N–H and O–H groups in total. The van der Waals surface area contributed by atoms with Crippen molar-refractivity contribution >= 4 is 23.4 Å². The lowest BCUT2D eigenvalue weighted by Crippen LogP contribution is -2.48. The predicted molar refractivity (Wildman–Crippen MR) is 119 cm³/mol. The van der Waals surface area contributed by atoms with Gasteiger partial charge in [-0.25, -0.2) is 9.59 Å². The lowest BCUT2D eigenvalue weighted by Gasteiger charge is -2.35. The van der Waals surface area contributed by atoms with E-state index in [4.69, 9.17) is 9.47 Å². The molecule has 3 rings (SSSR count). The molecular weight excluding hydrogens is 430 g/mol. The fourth-order valence-electron chi connectivity index (χ4n) is 3.35. The second-order valence-electron chi connectivity index (χ2n) is 7.28. The molecule has 1 fully saturated rings. The molecule has 2 aromatic rings. The zero-order valence-electron chi connectivity index (χ0n) is 18.7. The van der Waals surface area contributed by atoms with E-state index in [1.807, 2.05) is 12.1 Å². The van der Waals surface area contributed by atoms with Gasteiger partial charge < -0.3 is 23.8 Å². The molecule has 0 radical (unpaired) electrons. The van der Waals surface area contributed by atoms with E-state index in [1.54, 1.807) is 24.5 Å². The van der Waals surface area contributed by atoms with Crippen molar-refractivity contribution in [3.8, 4) is 11.5 Å². The monoisotopic (exact) mass is 457 g/mol. The summed E-state index contributed by atoms with van der Waals surface area (Å²) in [5, 5.41) is 0. The summed E-state index contributed by atoms with van der Waals surface area (Å²) in [6, 6.07) is 8.54. The minimum absolute atomic E-state index is 0.147. The van der Waals surface area contributed by atoms with Crippen molar-refractivity contribution in [3.05, 3.63) is 48.3 Å². The normalized spacial score (nSPS) is 13.8. The highest BCUT2D eigenvalue weighted by Gasteiger charge is 2.22. The van der Waals surface area contributed by atoms with Crippen LogP contribution in [-0.4, -0.2) is 87.8 Å². The summed E-state index contributed by atoms with van der Waals surface area (Å²) in [5.74, 6) is -0.780. The van der Waals surface area contributed by atoms with Crippen molar-refractivity contribution in [1.29, 1.82) is 0 Å². The Bertz CT molecular complexity index is 960. The van der Waals surface area contributed by atoms with Crippen molar-refractivity contribution in [2.75, 3.05) is 65.1 Å². The summed E-state index contributed by atoms with van der Waals surface area (Å²) in [5.41, 5.74) is 1.43. The molecule has 0 aliphatic carbocycles. The maximum absolute atomic E-state index is 13.0. The van der Waals surface area contributed by atoms with E-state index < -0.39 is 11.9 Å². The van der Waals surface area contributed by atoms with E-state index in [9.17, 15) is 14.4 Å². The van der Waals surface area contributed by atoms with Crippen LogP contribution < -0.4 is 14.4 Å². The van der Waals surface area contributed by atoms with E-state index in [1.165, 1.54) is 20.3 Å². The number of esters is 2. The molecule has 1 aromatic carbocycles. The number of hydrogen-bond donors (Lipinski definition) is 0. The molecule has 0 atom stereocenters. The van der Waals surface area contributed by atoms with Crippen molar-refractivity contribution in [2.45, 2.75) is 0 Å². The number of carbonyl (C=O) groups excluding carboxylic acids is 3. The first-order valence-electron chi connectivity index (χ1n) is 10.4. The van der Waals surface area contributed by atoms with Crippen LogP contribution in [0.2, 0.25) is 0 Å². The third-order valence-electron chi connectivity index (χ3n) is 5.18. The van der Waals surface area contributed by atoms with Gasteiger partial charge in [-0.1, -0.05) is 0 Å². The number of piperazine rings is 1. The number of benzene rings is 1. The van der Waals surface area contributed by atoms with E-state index in [0.717, 1.165) is 31.9 Å². The van der Waals surface area contributed by atoms with Gasteiger partial charge in [-0.3, -0.25) is 14.7 Å². The maximum Gasteiger partial charge on any atom is 0.343 e. The standard InChI is InChI=1S/C23H27N3O7/c1-30-22(28)15-32-18-3-4-19(21(13-18)33-16-23(29)31-2)20(27)14-25-9-11-26(12-10-25)17-5-7-24-8-6-17/h3-8,13H,9-12,14-16H2,1-2H3. The molecule has 1 aliphatic rings. The number of ketones is 1. The van der Waals surface area contributed by atoms with Gasteiger partial charge in [-0.15, -0.1) is 0 Å². The highest BCUT2D eigenvalue weighted by atomic mass is 16.6. The van der Waals surface area contributed by atoms with Crippen LogP contribution in [0.1, 0.15) is 10.4 Å². The number of methoxy groups -OCH3 is 2. The number of pyridine rings is 1. The molecule has 1 saturated heterocycles. The van der Waals surface area contributed by atoms with E-state index in [0.29, 0.717) is 11.3 Å². The molecule has 1 aliphatic heterocycles. The van der Waals surface area contributed by atoms with Crippen LogP contribution in [0.15, 0.2) is 42.7 Å². The fraction of sp³-hybridized carbons (Fsp3) is 0.391. The topological polar surface area (TPSA) is 108 Å². The molecule has 0 unspecified atom stereocenters. The third kappa shape index (κ3) is 6.91. The van der Waals surface area contributed by atoms with Crippen molar-refractivity contribution in [3.63, 3.8) is 0 Å². The van der Waals surface area contributed by atoms with E-state index >= 15 is 0 Å². The molecule has 0 saturated carbocycles. The van der Waals surface area contributed by atoms with Crippen LogP contribution in [0.5, 0.6) is 11.5 Å². The predicted octanol–water partition coefficient (Wildman–Crippen LogP) is 1.19. The maximum atomic E-state index is 13.0. The number of rotatable bonds is 10. The van der Waals surface area contributed by atoms with E-state index in [-0.39, 0.29) is 31.3 Å². The lowest BCUT2D eigenvalue weighted by atomic mass is 10.1. The molecule has 10 nitrogen and oxygen atoms in total. The Balaban J connectivity index is 1.64. The van der Waals surface area contributed by atoms with Gasteiger partial charge in [0.2, 0.25) is 0 Å². The molecular formula is C23H27N3O7. The average Bonchev–Trinajstić information content (AvgIpc) is 2.86. The number of anilines is 1. The summed E-state index contributed by atoms with van der Waals surface area (Å²) < 4.78 is 20.1. The Morgan fingerprint density at radius 3 is 2.15 bits per heavy atom. The SMILES string of the molecule is COC(=O)COc1ccc(C(=O)CN2CCN(c3ccncc3)CC2)c(OCC(=O)OC)c1. The van der Waals surface area contributed by atoms with Gasteiger partial charge in [0, 0.05) is 50.3 Å². The molecule has 1 aromatic heterocycles. The molecule has 10 heteroatoms.